The van der Waals surface area contributed by atoms with Crippen molar-refractivity contribution in [2.75, 3.05) is 0 Å². The first kappa shape index (κ1) is 14.1. The number of rotatable bonds is 5. The highest BCUT2D eigenvalue weighted by atomic mass is 79.9. The highest BCUT2D eigenvalue weighted by Gasteiger charge is 2.07. The fourth-order valence-electron chi connectivity index (χ4n) is 1.87. The van der Waals surface area contributed by atoms with Crippen LogP contribution in [0.1, 0.15) is 23.6 Å². The Morgan fingerprint density at radius 2 is 1.74 bits per heavy atom. The lowest BCUT2D eigenvalue weighted by Gasteiger charge is -2.12. The van der Waals surface area contributed by atoms with Crippen molar-refractivity contribution in [1.29, 1.82) is 0 Å². The Labute approximate surface area is 122 Å². The van der Waals surface area contributed by atoms with E-state index in [1.807, 2.05) is 18.2 Å². The van der Waals surface area contributed by atoms with Crippen LogP contribution in [-0.2, 0) is 19.6 Å². The monoisotopic (exact) mass is 320 g/mol. The zero-order valence-corrected chi connectivity index (χ0v) is 12.5. The maximum atomic E-state index is 9.31. The minimum atomic E-state index is -0.0243. The zero-order valence-electron chi connectivity index (χ0n) is 10.9. The van der Waals surface area contributed by atoms with E-state index in [0.29, 0.717) is 12.4 Å². The Morgan fingerprint density at radius 1 is 1.05 bits per heavy atom. The summed E-state index contributed by atoms with van der Waals surface area (Å²) in [6, 6.07) is 14.0. The van der Waals surface area contributed by atoms with Gasteiger partial charge >= 0.3 is 0 Å². The summed E-state index contributed by atoms with van der Waals surface area (Å²) in [5.41, 5.74) is 3.23. The van der Waals surface area contributed by atoms with Crippen LogP contribution in [0, 0.1) is 0 Å². The van der Waals surface area contributed by atoms with Crippen LogP contribution in [0.2, 0.25) is 0 Å². The highest BCUT2D eigenvalue weighted by Crippen LogP contribution is 2.29. The molecule has 0 bridgehead atoms. The fourth-order valence-corrected chi connectivity index (χ4v) is 2.39. The molecule has 0 saturated heterocycles. The predicted molar refractivity (Wildman–Crippen MR) is 80.2 cm³/mol. The number of benzene rings is 2. The van der Waals surface area contributed by atoms with Crippen molar-refractivity contribution in [3.63, 3.8) is 0 Å². The summed E-state index contributed by atoms with van der Waals surface area (Å²) in [7, 11) is 0. The number of halogens is 1. The Morgan fingerprint density at radius 3 is 2.37 bits per heavy atom. The van der Waals surface area contributed by atoms with E-state index in [1.165, 1.54) is 5.56 Å². The average Bonchev–Trinajstić information content (AvgIpc) is 2.46. The van der Waals surface area contributed by atoms with Gasteiger partial charge in [0, 0.05) is 5.56 Å². The number of hydrogen-bond donors (Lipinski definition) is 1. The molecular weight excluding hydrogens is 304 g/mol. The molecule has 0 aliphatic carbocycles. The molecule has 0 atom stereocenters. The molecule has 19 heavy (non-hydrogen) atoms. The molecule has 0 heterocycles. The Bertz CT molecular complexity index is 535. The average molecular weight is 321 g/mol. The molecule has 1 N–H and O–H groups in total. The van der Waals surface area contributed by atoms with Gasteiger partial charge in [0.25, 0.3) is 0 Å². The van der Waals surface area contributed by atoms with E-state index in [2.05, 4.69) is 47.1 Å². The molecule has 0 aliphatic heterocycles. The Hall–Kier alpha value is -1.32. The number of hydrogen-bond acceptors (Lipinski definition) is 2. The third-order valence-electron chi connectivity index (χ3n) is 3.03. The van der Waals surface area contributed by atoms with E-state index < -0.39 is 0 Å². The molecule has 2 nitrogen and oxygen atoms in total. The molecule has 0 spiro atoms. The lowest BCUT2D eigenvalue weighted by molar-refractivity contribution is 0.258. The number of para-hydroxylation sites is 1. The summed E-state index contributed by atoms with van der Waals surface area (Å²) >= 11 is 3.45. The van der Waals surface area contributed by atoms with Crippen molar-refractivity contribution >= 4 is 15.9 Å². The van der Waals surface area contributed by atoms with Crippen molar-refractivity contribution in [3.8, 4) is 5.75 Å². The third kappa shape index (κ3) is 3.58. The summed E-state index contributed by atoms with van der Waals surface area (Å²) < 4.78 is 6.68. The smallest absolute Gasteiger partial charge is 0.139 e. The second-order valence-corrected chi connectivity index (χ2v) is 5.20. The van der Waals surface area contributed by atoms with Crippen LogP contribution < -0.4 is 4.74 Å². The molecule has 100 valence electrons. The molecule has 2 aromatic carbocycles. The molecule has 0 unspecified atom stereocenters. The number of ether oxygens (including phenoxy) is 1. The van der Waals surface area contributed by atoms with Crippen molar-refractivity contribution in [2.24, 2.45) is 0 Å². The van der Waals surface area contributed by atoms with Crippen LogP contribution in [0.5, 0.6) is 5.75 Å². The lowest BCUT2D eigenvalue weighted by atomic mass is 10.1. The van der Waals surface area contributed by atoms with E-state index >= 15 is 0 Å². The lowest BCUT2D eigenvalue weighted by Crippen LogP contribution is -1.99. The van der Waals surface area contributed by atoms with E-state index in [-0.39, 0.29) is 6.61 Å². The normalized spacial score (nSPS) is 10.5. The first-order valence-corrected chi connectivity index (χ1v) is 7.12. The van der Waals surface area contributed by atoms with Gasteiger partial charge in [0.15, 0.2) is 0 Å². The fraction of sp³-hybridized carbons (Fsp3) is 0.250. The standard InChI is InChI=1S/C16H17BrO2/c1-2-12-6-8-13(9-7-12)11-19-16-14(10-18)4-3-5-15(16)17/h3-9,18H,2,10-11H2,1H3. The molecule has 2 aromatic rings. The summed E-state index contributed by atoms with van der Waals surface area (Å²) in [5.74, 6) is 0.713. The summed E-state index contributed by atoms with van der Waals surface area (Å²) in [4.78, 5) is 0. The van der Waals surface area contributed by atoms with Gasteiger partial charge in [0.1, 0.15) is 12.4 Å². The maximum absolute atomic E-state index is 9.31. The van der Waals surface area contributed by atoms with Crippen LogP contribution in [-0.4, -0.2) is 5.11 Å². The molecule has 0 amide bonds. The van der Waals surface area contributed by atoms with Crippen molar-refractivity contribution in [2.45, 2.75) is 26.6 Å². The van der Waals surface area contributed by atoms with Gasteiger partial charge in [-0.1, -0.05) is 43.3 Å². The quantitative estimate of drug-likeness (QED) is 0.899. The van der Waals surface area contributed by atoms with Gasteiger partial charge in [0.05, 0.1) is 11.1 Å². The van der Waals surface area contributed by atoms with Gasteiger partial charge in [-0.3, -0.25) is 0 Å². The maximum Gasteiger partial charge on any atom is 0.139 e. The summed E-state index contributed by atoms with van der Waals surface area (Å²) in [5, 5.41) is 9.31. The molecule has 0 fully saturated rings. The minimum absolute atomic E-state index is 0.0243. The van der Waals surface area contributed by atoms with E-state index in [0.717, 1.165) is 22.0 Å². The van der Waals surface area contributed by atoms with Crippen molar-refractivity contribution in [3.05, 3.63) is 63.6 Å². The van der Waals surface area contributed by atoms with Gasteiger partial charge < -0.3 is 9.84 Å². The second-order valence-electron chi connectivity index (χ2n) is 4.34. The molecule has 0 aromatic heterocycles. The second kappa shape index (κ2) is 6.73. The Kier molecular flexibility index (Phi) is 5.00. The van der Waals surface area contributed by atoms with Crippen LogP contribution in [0.15, 0.2) is 46.9 Å². The Balaban J connectivity index is 2.09. The zero-order chi connectivity index (χ0) is 13.7. The molecule has 3 heteroatoms. The van der Waals surface area contributed by atoms with Crippen molar-refractivity contribution in [1.82, 2.24) is 0 Å². The molecular formula is C16H17BrO2. The van der Waals surface area contributed by atoms with Gasteiger partial charge in [0.2, 0.25) is 0 Å². The van der Waals surface area contributed by atoms with Crippen LogP contribution in [0.4, 0.5) is 0 Å². The highest BCUT2D eigenvalue weighted by molar-refractivity contribution is 9.10. The first-order chi connectivity index (χ1) is 9.24. The van der Waals surface area contributed by atoms with E-state index in [1.54, 1.807) is 0 Å². The van der Waals surface area contributed by atoms with Crippen molar-refractivity contribution < 1.29 is 9.84 Å². The molecule has 0 radical (unpaired) electrons. The van der Waals surface area contributed by atoms with Crippen LogP contribution in [0.25, 0.3) is 0 Å². The molecule has 2 rings (SSSR count). The number of aryl methyl sites for hydroxylation is 1. The third-order valence-corrected chi connectivity index (χ3v) is 3.66. The SMILES string of the molecule is CCc1ccc(COc2c(Br)cccc2CO)cc1. The van der Waals surface area contributed by atoms with E-state index in [9.17, 15) is 5.11 Å². The van der Waals surface area contributed by atoms with Gasteiger partial charge in [-0.2, -0.15) is 0 Å². The van der Waals surface area contributed by atoms with E-state index in [4.69, 9.17) is 4.74 Å². The molecule has 0 saturated carbocycles. The largest absolute Gasteiger partial charge is 0.487 e. The van der Waals surface area contributed by atoms with Gasteiger partial charge in [-0.15, -0.1) is 0 Å². The summed E-state index contributed by atoms with van der Waals surface area (Å²) in [6.07, 6.45) is 1.04. The predicted octanol–water partition coefficient (Wildman–Crippen LogP) is 4.08. The van der Waals surface area contributed by atoms with Crippen LogP contribution >= 0.6 is 15.9 Å². The van der Waals surface area contributed by atoms with Crippen LogP contribution in [0.3, 0.4) is 0 Å². The summed E-state index contributed by atoms with van der Waals surface area (Å²) in [6.45, 7) is 2.61. The van der Waals surface area contributed by atoms with Gasteiger partial charge in [-0.25, -0.2) is 0 Å². The number of aliphatic hydroxyl groups is 1. The van der Waals surface area contributed by atoms with Gasteiger partial charge in [-0.05, 0) is 39.5 Å². The molecule has 0 aliphatic rings. The first-order valence-electron chi connectivity index (χ1n) is 6.33. The topological polar surface area (TPSA) is 29.5 Å². The minimum Gasteiger partial charge on any atom is -0.487 e. The number of aliphatic hydroxyl groups excluding tert-OH is 1.